The lowest BCUT2D eigenvalue weighted by atomic mass is 9.99. The van der Waals surface area contributed by atoms with Crippen LogP contribution in [0, 0.1) is 5.82 Å². The molecule has 3 rings (SSSR count). The molecule has 0 saturated carbocycles. The maximum atomic E-state index is 13.5. The van der Waals surface area contributed by atoms with E-state index < -0.39 is 0 Å². The summed E-state index contributed by atoms with van der Waals surface area (Å²) in [5.41, 5.74) is 4.84. The molecule has 0 spiro atoms. The number of thiophene rings is 1. The molecule has 2 nitrogen and oxygen atoms in total. The van der Waals surface area contributed by atoms with Gasteiger partial charge >= 0.3 is 0 Å². The molecule has 0 saturated heterocycles. The fraction of sp³-hybridized carbons (Fsp3) is 0.125. The van der Waals surface area contributed by atoms with E-state index in [0.717, 1.165) is 10.0 Å². The molecule has 1 aromatic heterocycles. The van der Waals surface area contributed by atoms with E-state index in [1.54, 1.807) is 17.4 Å². The van der Waals surface area contributed by atoms with E-state index in [4.69, 9.17) is 5.84 Å². The Balaban J connectivity index is 1.96. The summed E-state index contributed by atoms with van der Waals surface area (Å²) in [6.07, 6.45) is 0.711. The van der Waals surface area contributed by atoms with Gasteiger partial charge in [-0.25, -0.2) is 4.39 Å². The van der Waals surface area contributed by atoms with Crippen LogP contribution in [0.25, 0.3) is 10.1 Å². The molecule has 0 aliphatic carbocycles. The lowest BCUT2D eigenvalue weighted by Gasteiger charge is -2.17. The second-order valence-electron chi connectivity index (χ2n) is 4.85. The highest BCUT2D eigenvalue weighted by Gasteiger charge is 2.16. The van der Waals surface area contributed by atoms with Crippen molar-refractivity contribution in [3.63, 3.8) is 0 Å². The van der Waals surface area contributed by atoms with Crippen LogP contribution >= 0.6 is 27.3 Å². The van der Waals surface area contributed by atoms with Crippen molar-refractivity contribution in [1.82, 2.24) is 5.43 Å². The van der Waals surface area contributed by atoms with E-state index in [1.807, 2.05) is 12.1 Å². The standard InChI is InChI=1S/C16H14BrFN2S/c17-14-6-5-11(18)8-13(14)15(20-19)7-10-9-21-16-4-2-1-3-12(10)16/h1-6,8-9,15,20H,7,19H2. The summed E-state index contributed by atoms with van der Waals surface area (Å²) < 4.78 is 15.6. The third-order valence-electron chi connectivity index (χ3n) is 3.52. The first-order valence-electron chi connectivity index (χ1n) is 6.55. The van der Waals surface area contributed by atoms with Gasteiger partial charge in [-0.05, 0) is 52.6 Å². The Bertz CT molecular complexity index is 772. The van der Waals surface area contributed by atoms with E-state index in [0.29, 0.717) is 6.42 Å². The van der Waals surface area contributed by atoms with Gasteiger partial charge in [0.1, 0.15) is 5.82 Å². The lowest BCUT2D eigenvalue weighted by Crippen LogP contribution is -2.29. The topological polar surface area (TPSA) is 38.0 Å². The monoisotopic (exact) mass is 364 g/mol. The van der Waals surface area contributed by atoms with Crippen LogP contribution in [0.2, 0.25) is 0 Å². The highest BCUT2D eigenvalue weighted by Crippen LogP contribution is 2.31. The van der Waals surface area contributed by atoms with E-state index >= 15 is 0 Å². The third-order valence-corrected chi connectivity index (χ3v) is 5.25. The molecule has 1 atom stereocenters. The molecule has 2 aromatic carbocycles. The molecule has 1 heterocycles. The molecule has 0 radical (unpaired) electrons. The van der Waals surface area contributed by atoms with Crippen LogP contribution < -0.4 is 11.3 Å². The zero-order valence-corrected chi connectivity index (χ0v) is 13.5. The Hall–Kier alpha value is -1.27. The van der Waals surface area contributed by atoms with Gasteiger partial charge in [-0.15, -0.1) is 11.3 Å². The smallest absolute Gasteiger partial charge is 0.123 e. The highest BCUT2D eigenvalue weighted by atomic mass is 79.9. The molecule has 0 bridgehead atoms. The quantitative estimate of drug-likeness (QED) is 0.526. The molecule has 0 aliphatic heterocycles. The number of halogens is 2. The van der Waals surface area contributed by atoms with Gasteiger partial charge in [0.25, 0.3) is 0 Å². The molecule has 21 heavy (non-hydrogen) atoms. The zero-order valence-electron chi connectivity index (χ0n) is 11.1. The Morgan fingerprint density at radius 3 is 2.86 bits per heavy atom. The van der Waals surface area contributed by atoms with Crippen molar-refractivity contribution in [2.24, 2.45) is 5.84 Å². The minimum Gasteiger partial charge on any atom is -0.271 e. The average Bonchev–Trinajstić information content (AvgIpc) is 2.91. The van der Waals surface area contributed by atoms with Gasteiger partial charge in [0, 0.05) is 9.17 Å². The number of rotatable bonds is 4. The molecule has 3 N–H and O–H groups in total. The zero-order chi connectivity index (χ0) is 14.8. The molecular formula is C16H14BrFN2S. The maximum Gasteiger partial charge on any atom is 0.123 e. The summed E-state index contributed by atoms with van der Waals surface area (Å²) in [6.45, 7) is 0. The first-order valence-corrected chi connectivity index (χ1v) is 8.22. The Morgan fingerprint density at radius 1 is 1.24 bits per heavy atom. The van der Waals surface area contributed by atoms with Gasteiger partial charge < -0.3 is 0 Å². The third kappa shape index (κ3) is 3.01. The summed E-state index contributed by atoms with van der Waals surface area (Å²) in [5.74, 6) is 5.43. The summed E-state index contributed by atoms with van der Waals surface area (Å²) >= 11 is 5.18. The van der Waals surface area contributed by atoms with Crippen molar-refractivity contribution >= 4 is 37.4 Å². The molecule has 0 fully saturated rings. The SMILES string of the molecule is NNC(Cc1csc2ccccc12)c1cc(F)ccc1Br. The average molecular weight is 365 g/mol. The Labute approximate surface area is 134 Å². The molecule has 0 aliphatic rings. The van der Waals surface area contributed by atoms with E-state index in [1.165, 1.54) is 27.8 Å². The molecule has 0 amide bonds. The van der Waals surface area contributed by atoms with E-state index in [9.17, 15) is 4.39 Å². The number of fused-ring (bicyclic) bond motifs is 1. The van der Waals surface area contributed by atoms with Crippen LogP contribution in [0.3, 0.4) is 0 Å². The molecule has 5 heteroatoms. The van der Waals surface area contributed by atoms with Crippen molar-refractivity contribution in [2.45, 2.75) is 12.5 Å². The van der Waals surface area contributed by atoms with Crippen LogP contribution in [0.15, 0.2) is 52.3 Å². The van der Waals surface area contributed by atoms with Crippen LogP contribution in [0.4, 0.5) is 4.39 Å². The predicted molar refractivity (Wildman–Crippen MR) is 89.7 cm³/mol. The summed E-state index contributed by atoms with van der Waals surface area (Å²) in [6, 6.07) is 12.8. The Morgan fingerprint density at radius 2 is 2.05 bits per heavy atom. The second kappa shape index (κ2) is 6.23. The van der Waals surface area contributed by atoms with E-state index in [-0.39, 0.29) is 11.9 Å². The van der Waals surface area contributed by atoms with Gasteiger partial charge in [-0.3, -0.25) is 11.3 Å². The van der Waals surface area contributed by atoms with Crippen molar-refractivity contribution in [1.29, 1.82) is 0 Å². The minimum atomic E-state index is -0.261. The molecule has 108 valence electrons. The van der Waals surface area contributed by atoms with Crippen molar-refractivity contribution < 1.29 is 4.39 Å². The fourth-order valence-corrected chi connectivity index (χ4v) is 3.95. The van der Waals surface area contributed by atoms with Gasteiger partial charge in [-0.1, -0.05) is 34.1 Å². The van der Waals surface area contributed by atoms with E-state index in [2.05, 4.69) is 38.9 Å². The second-order valence-corrected chi connectivity index (χ2v) is 6.61. The van der Waals surface area contributed by atoms with Gasteiger partial charge in [0.15, 0.2) is 0 Å². The van der Waals surface area contributed by atoms with Crippen LogP contribution in [0.5, 0.6) is 0 Å². The number of nitrogens with one attached hydrogen (secondary N) is 1. The van der Waals surface area contributed by atoms with Gasteiger partial charge in [0.2, 0.25) is 0 Å². The minimum absolute atomic E-state index is 0.145. The predicted octanol–water partition coefficient (Wildman–Crippen LogP) is 4.55. The summed E-state index contributed by atoms with van der Waals surface area (Å²) in [7, 11) is 0. The van der Waals surface area contributed by atoms with Gasteiger partial charge in [0.05, 0.1) is 6.04 Å². The number of hydrogen-bond acceptors (Lipinski definition) is 3. The molecular weight excluding hydrogens is 351 g/mol. The van der Waals surface area contributed by atoms with Crippen molar-refractivity contribution in [3.05, 3.63) is 69.3 Å². The van der Waals surface area contributed by atoms with Crippen LogP contribution in [-0.2, 0) is 6.42 Å². The number of benzene rings is 2. The first-order chi connectivity index (χ1) is 10.2. The lowest BCUT2D eigenvalue weighted by molar-refractivity contribution is 0.544. The highest BCUT2D eigenvalue weighted by molar-refractivity contribution is 9.10. The summed E-state index contributed by atoms with van der Waals surface area (Å²) in [5, 5.41) is 3.37. The van der Waals surface area contributed by atoms with Crippen LogP contribution in [-0.4, -0.2) is 0 Å². The normalized spacial score (nSPS) is 12.7. The molecule has 3 aromatic rings. The van der Waals surface area contributed by atoms with Crippen LogP contribution in [0.1, 0.15) is 17.2 Å². The first kappa shape index (κ1) is 14.7. The van der Waals surface area contributed by atoms with Crippen molar-refractivity contribution in [3.8, 4) is 0 Å². The Kier molecular flexibility index (Phi) is 4.35. The summed E-state index contributed by atoms with van der Waals surface area (Å²) in [4.78, 5) is 0. The van der Waals surface area contributed by atoms with Crippen molar-refractivity contribution in [2.75, 3.05) is 0 Å². The van der Waals surface area contributed by atoms with Gasteiger partial charge in [-0.2, -0.15) is 0 Å². The number of hydrogen-bond donors (Lipinski definition) is 2. The number of hydrazine groups is 1. The molecule has 1 unspecified atom stereocenters. The maximum absolute atomic E-state index is 13.5. The fourth-order valence-electron chi connectivity index (χ4n) is 2.45. The number of nitrogens with two attached hydrogens (primary N) is 1. The largest absolute Gasteiger partial charge is 0.271 e.